The van der Waals surface area contributed by atoms with Gasteiger partial charge in [-0.2, -0.15) is 0 Å². The predicted molar refractivity (Wildman–Crippen MR) is 79.4 cm³/mol. The van der Waals surface area contributed by atoms with Crippen molar-refractivity contribution >= 4 is 17.3 Å². The van der Waals surface area contributed by atoms with Crippen LogP contribution >= 0.6 is 11.3 Å². The van der Waals surface area contributed by atoms with E-state index >= 15 is 0 Å². The summed E-state index contributed by atoms with van der Waals surface area (Å²) in [5.74, 6) is -1.14. The second-order valence-corrected chi connectivity index (χ2v) is 6.53. The van der Waals surface area contributed by atoms with Crippen molar-refractivity contribution in [1.82, 2.24) is 4.98 Å². The van der Waals surface area contributed by atoms with Crippen LogP contribution < -0.4 is 0 Å². The SMILES string of the molecule is Cc1ccc(Cc2nc3c(s2)CCCC3C(=O)O)cc1. The van der Waals surface area contributed by atoms with Crippen molar-refractivity contribution in [3.05, 3.63) is 51.0 Å². The lowest BCUT2D eigenvalue weighted by Gasteiger charge is -2.16. The van der Waals surface area contributed by atoms with Crippen LogP contribution in [0.1, 0.15) is 45.5 Å². The predicted octanol–water partition coefficient (Wildman–Crippen LogP) is 3.55. The maximum absolute atomic E-state index is 11.3. The summed E-state index contributed by atoms with van der Waals surface area (Å²) in [5, 5.41) is 10.3. The normalized spacial score (nSPS) is 17.8. The maximum atomic E-state index is 11.3. The van der Waals surface area contributed by atoms with E-state index in [0.29, 0.717) is 0 Å². The molecule has 1 heterocycles. The van der Waals surface area contributed by atoms with Gasteiger partial charge in [0.2, 0.25) is 0 Å². The smallest absolute Gasteiger partial charge is 0.312 e. The number of aromatic nitrogens is 1. The number of carboxylic acids is 1. The highest BCUT2D eigenvalue weighted by atomic mass is 32.1. The Morgan fingerprint density at radius 2 is 2.15 bits per heavy atom. The monoisotopic (exact) mass is 287 g/mol. The number of fused-ring (bicyclic) bond motifs is 1. The van der Waals surface area contributed by atoms with Crippen molar-refractivity contribution in [2.24, 2.45) is 0 Å². The van der Waals surface area contributed by atoms with E-state index in [0.717, 1.165) is 36.4 Å². The topological polar surface area (TPSA) is 50.2 Å². The second-order valence-electron chi connectivity index (χ2n) is 5.36. The summed E-state index contributed by atoms with van der Waals surface area (Å²) in [6, 6.07) is 8.43. The van der Waals surface area contributed by atoms with Crippen LogP contribution in [0.4, 0.5) is 0 Å². The third-order valence-corrected chi connectivity index (χ3v) is 4.90. The Kier molecular flexibility index (Phi) is 3.57. The second kappa shape index (κ2) is 5.37. The molecule has 0 fully saturated rings. The number of nitrogens with zero attached hydrogens (tertiary/aromatic N) is 1. The van der Waals surface area contributed by atoms with E-state index in [1.54, 1.807) is 11.3 Å². The molecule has 1 N–H and O–H groups in total. The molecule has 1 atom stereocenters. The summed E-state index contributed by atoms with van der Waals surface area (Å²) in [5.41, 5.74) is 3.29. The molecule has 0 amide bonds. The number of rotatable bonds is 3. The number of carbonyl (C=O) groups is 1. The molecule has 0 saturated carbocycles. The number of hydrogen-bond acceptors (Lipinski definition) is 3. The zero-order valence-electron chi connectivity index (χ0n) is 11.4. The number of hydrogen-bond donors (Lipinski definition) is 1. The van der Waals surface area contributed by atoms with Crippen molar-refractivity contribution in [2.45, 2.75) is 38.5 Å². The van der Waals surface area contributed by atoms with E-state index in [1.807, 2.05) is 0 Å². The van der Waals surface area contributed by atoms with Crippen LogP contribution in [0.3, 0.4) is 0 Å². The lowest BCUT2D eigenvalue weighted by Crippen LogP contribution is -2.17. The van der Waals surface area contributed by atoms with Crippen LogP contribution in [0, 0.1) is 6.92 Å². The first-order valence-corrected chi connectivity index (χ1v) is 7.72. The largest absolute Gasteiger partial charge is 0.481 e. The Morgan fingerprint density at radius 1 is 1.40 bits per heavy atom. The number of carboxylic acid groups (broad SMARTS) is 1. The minimum atomic E-state index is -0.738. The first-order chi connectivity index (χ1) is 9.63. The van der Waals surface area contributed by atoms with Gasteiger partial charge in [0.25, 0.3) is 0 Å². The van der Waals surface area contributed by atoms with Crippen LogP contribution in [-0.2, 0) is 17.6 Å². The fourth-order valence-corrected chi connectivity index (χ4v) is 3.87. The standard InChI is InChI=1S/C16H17NO2S/c1-10-5-7-11(8-6-10)9-14-17-15-12(16(18)19)3-2-4-13(15)20-14/h5-8,12H,2-4,9H2,1H3,(H,18,19). The molecule has 1 aliphatic rings. The van der Waals surface area contributed by atoms with Gasteiger partial charge in [-0.3, -0.25) is 4.79 Å². The zero-order valence-corrected chi connectivity index (χ0v) is 12.2. The molecule has 0 radical (unpaired) electrons. The molecular formula is C16H17NO2S. The van der Waals surface area contributed by atoms with Gasteiger partial charge >= 0.3 is 5.97 Å². The van der Waals surface area contributed by atoms with Crippen molar-refractivity contribution in [3.63, 3.8) is 0 Å². The molecule has 0 bridgehead atoms. The first kappa shape index (κ1) is 13.3. The number of benzene rings is 1. The van der Waals surface area contributed by atoms with Gasteiger partial charge in [0.1, 0.15) is 0 Å². The van der Waals surface area contributed by atoms with E-state index in [9.17, 15) is 9.90 Å². The summed E-state index contributed by atoms with van der Waals surface area (Å²) in [6.45, 7) is 2.07. The van der Waals surface area contributed by atoms with Gasteiger partial charge in [-0.05, 0) is 31.7 Å². The lowest BCUT2D eigenvalue weighted by molar-refractivity contribution is -0.139. The van der Waals surface area contributed by atoms with Crippen molar-refractivity contribution in [1.29, 1.82) is 0 Å². The molecule has 1 aromatic carbocycles. The minimum Gasteiger partial charge on any atom is -0.481 e. The van der Waals surface area contributed by atoms with E-state index < -0.39 is 11.9 Å². The van der Waals surface area contributed by atoms with Crippen LogP contribution in [0.25, 0.3) is 0 Å². The van der Waals surface area contributed by atoms with Gasteiger partial charge < -0.3 is 5.11 Å². The molecule has 20 heavy (non-hydrogen) atoms. The Balaban J connectivity index is 1.85. The third kappa shape index (κ3) is 2.61. The Morgan fingerprint density at radius 3 is 2.85 bits per heavy atom. The summed E-state index contributed by atoms with van der Waals surface area (Å²) >= 11 is 1.68. The van der Waals surface area contributed by atoms with Gasteiger partial charge in [0, 0.05) is 11.3 Å². The molecule has 0 saturated heterocycles. The molecule has 3 nitrogen and oxygen atoms in total. The molecule has 3 rings (SSSR count). The highest BCUT2D eigenvalue weighted by Crippen LogP contribution is 2.35. The summed E-state index contributed by atoms with van der Waals surface area (Å²) in [6.07, 6.45) is 3.45. The van der Waals surface area contributed by atoms with Gasteiger partial charge in [-0.25, -0.2) is 4.98 Å². The average molecular weight is 287 g/mol. The quantitative estimate of drug-likeness (QED) is 0.939. The highest BCUT2D eigenvalue weighted by molar-refractivity contribution is 7.11. The van der Waals surface area contributed by atoms with Crippen LogP contribution in [-0.4, -0.2) is 16.1 Å². The van der Waals surface area contributed by atoms with Crippen LogP contribution in [0.5, 0.6) is 0 Å². The Hall–Kier alpha value is -1.68. The minimum absolute atomic E-state index is 0.401. The average Bonchev–Trinajstić information content (AvgIpc) is 2.83. The van der Waals surface area contributed by atoms with E-state index in [4.69, 9.17) is 0 Å². The van der Waals surface area contributed by atoms with E-state index in [-0.39, 0.29) is 0 Å². The Bertz CT molecular complexity index is 630. The third-order valence-electron chi connectivity index (χ3n) is 3.77. The molecule has 104 valence electrons. The van der Waals surface area contributed by atoms with Crippen LogP contribution in [0.15, 0.2) is 24.3 Å². The fourth-order valence-electron chi connectivity index (χ4n) is 2.67. The number of thiazole rings is 1. The molecule has 2 aromatic rings. The summed E-state index contributed by atoms with van der Waals surface area (Å²) in [7, 11) is 0. The van der Waals surface area contributed by atoms with Crippen molar-refractivity contribution in [3.8, 4) is 0 Å². The maximum Gasteiger partial charge on any atom is 0.312 e. The summed E-state index contributed by atoms with van der Waals surface area (Å²) in [4.78, 5) is 17.1. The van der Waals surface area contributed by atoms with E-state index in [2.05, 4.69) is 36.2 Å². The van der Waals surface area contributed by atoms with E-state index in [1.165, 1.54) is 16.0 Å². The molecule has 1 aliphatic carbocycles. The van der Waals surface area contributed by atoms with Gasteiger partial charge in [-0.1, -0.05) is 29.8 Å². The highest BCUT2D eigenvalue weighted by Gasteiger charge is 2.29. The number of aryl methyl sites for hydroxylation is 2. The molecule has 1 unspecified atom stereocenters. The number of aliphatic carboxylic acids is 1. The van der Waals surface area contributed by atoms with Gasteiger partial charge in [-0.15, -0.1) is 11.3 Å². The molecule has 0 spiro atoms. The van der Waals surface area contributed by atoms with Gasteiger partial charge in [0.15, 0.2) is 0 Å². The van der Waals surface area contributed by atoms with Crippen LogP contribution in [0.2, 0.25) is 0 Å². The molecule has 1 aromatic heterocycles. The van der Waals surface area contributed by atoms with Crippen molar-refractivity contribution in [2.75, 3.05) is 0 Å². The first-order valence-electron chi connectivity index (χ1n) is 6.90. The van der Waals surface area contributed by atoms with Gasteiger partial charge in [0.05, 0.1) is 16.6 Å². The van der Waals surface area contributed by atoms with Crippen molar-refractivity contribution < 1.29 is 9.90 Å². The molecular weight excluding hydrogens is 270 g/mol. The Labute approximate surface area is 122 Å². The molecule has 4 heteroatoms. The zero-order chi connectivity index (χ0) is 14.1. The fraction of sp³-hybridized carbons (Fsp3) is 0.375. The lowest BCUT2D eigenvalue weighted by atomic mass is 9.91. The molecule has 0 aliphatic heterocycles. The summed E-state index contributed by atoms with van der Waals surface area (Å²) < 4.78 is 0.